The molecule has 2 heteroatoms. The van der Waals surface area contributed by atoms with Crippen LogP contribution in [0.15, 0.2) is 11.1 Å². The summed E-state index contributed by atoms with van der Waals surface area (Å²) in [6.45, 7) is 10.6. The van der Waals surface area contributed by atoms with Crippen molar-refractivity contribution in [3.8, 4) is 0 Å². The summed E-state index contributed by atoms with van der Waals surface area (Å²) in [5.41, 5.74) is 1.87. The lowest BCUT2D eigenvalue weighted by molar-refractivity contribution is -0.133. The van der Waals surface area contributed by atoms with E-state index in [0.717, 1.165) is 32.1 Å². The molecule has 0 bridgehead atoms. The van der Waals surface area contributed by atoms with Gasteiger partial charge in [-0.1, -0.05) is 53.0 Å². The molecular weight excluding hydrogens is 212 g/mol. The highest BCUT2D eigenvalue weighted by atomic mass is 16.4. The van der Waals surface area contributed by atoms with Crippen molar-refractivity contribution < 1.29 is 9.90 Å². The molecule has 1 N–H and O–H groups in total. The second-order valence-electron chi connectivity index (χ2n) is 5.08. The molecule has 0 aliphatic carbocycles. The standard InChI is InChI=1S/C15H28O2/c1-6-9-12(10-7-2)14(15(16)17)13(8-3)11(4)5/h11,13H,6-10H2,1-5H3,(H,16,17). The lowest BCUT2D eigenvalue weighted by atomic mass is 9.81. The van der Waals surface area contributed by atoms with Crippen LogP contribution in [0.3, 0.4) is 0 Å². The average molecular weight is 240 g/mol. The normalized spacial score (nSPS) is 12.6. The molecule has 0 rings (SSSR count). The molecule has 0 amide bonds. The van der Waals surface area contributed by atoms with Gasteiger partial charge < -0.3 is 5.11 Å². The maximum atomic E-state index is 11.5. The van der Waals surface area contributed by atoms with Crippen LogP contribution in [-0.2, 0) is 4.79 Å². The predicted molar refractivity (Wildman–Crippen MR) is 73.1 cm³/mol. The molecule has 2 nitrogen and oxygen atoms in total. The van der Waals surface area contributed by atoms with Crippen LogP contribution in [0, 0.1) is 11.8 Å². The molecule has 17 heavy (non-hydrogen) atoms. The number of carbonyl (C=O) groups is 1. The molecule has 0 aromatic heterocycles. The molecule has 0 saturated heterocycles. The van der Waals surface area contributed by atoms with E-state index in [9.17, 15) is 9.90 Å². The minimum atomic E-state index is -0.706. The highest BCUT2D eigenvalue weighted by molar-refractivity contribution is 5.88. The van der Waals surface area contributed by atoms with Gasteiger partial charge in [-0.05, 0) is 31.1 Å². The monoisotopic (exact) mass is 240 g/mol. The van der Waals surface area contributed by atoms with E-state index in [4.69, 9.17) is 0 Å². The van der Waals surface area contributed by atoms with Gasteiger partial charge in [0.1, 0.15) is 0 Å². The van der Waals surface area contributed by atoms with Gasteiger partial charge in [0.15, 0.2) is 0 Å². The van der Waals surface area contributed by atoms with Gasteiger partial charge in [-0.25, -0.2) is 4.79 Å². The Morgan fingerprint density at radius 2 is 1.53 bits per heavy atom. The van der Waals surface area contributed by atoms with Crippen molar-refractivity contribution in [2.75, 3.05) is 0 Å². The van der Waals surface area contributed by atoms with Gasteiger partial charge in [0, 0.05) is 5.57 Å². The zero-order valence-corrected chi connectivity index (χ0v) is 12.0. The average Bonchev–Trinajstić information content (AvgIpc) is 2.24. The Balaban J connectivity index is 5.37. The molecule has 1 atom stereocenters. The predicted octanol–water partition coefficient (Wildman–Crippen LogP) is 4.65. The van der Waals surface area contributed by atoms with Crippen molar-refractivity contribution in [1.82, 2.24) is 0 Å². The van der Waals surface area contributed by atoms with Crippen molar-refractivity contribution in [3.63, 3.8) is 0 Å². The van der Waals surface area contributed by atoms with Crippen molar-refractivity contribution in [2.45, 2.75) is 66.7 Å². The van der Waals surface area contributed by atoms with E-state index in [-0.39, 0.29) is 5.92 Å². The first-order valence-electron chi connectivity index (χ1n) is 6.94. The van der Waals surface area contributed by atoms with Crippen molar-refractivity contribution in [3.05, 3.63) is 11.1 Å². The highest BCUT2D eigenvalue weighted by Gasteiger charge is 2.24. The van der Waals surface area contributed by atoms with Crippen molar-refractivity contribution >= 4 is 5.97 Å². The summed E-state index contributed by atoms with van der Waals surface area (Å²) in [7, 11) is 0. The zero-order valence-electron chi connectivity index (χ0n) is 12.0. The largest absolute Gasteiger partial charge is 0.478 e. The van der Waals surface area contributed by atoms with Crippen LogP contribution in [0.2, 0.25) is 0 Å². The summed E-state index contributed by atoms with van der Waals surface area (Å²) in [6.07, 6.45) is 4.83. The summed E-state index contributed by atoms with van der Waals surface area (Å²) >= 11 is 0. The maximum Gasteiger partial charge on any atom is 0.331 e. The van der Waals surface area contributed by atoms with Crippen LogP contribution >= 0.6 is 0 Å². The molecule has 0 radical (unpaired) electrons. The molecular formula is C15H28O2. The molecule has 0 aliphatic heterocycles. The summed E-state index contributed by atoms with van der Waals surface area (Å²) in [5, 5.41) is 9.49. The SMILES string of the molecule is CCCC(CCC)=C(C(=O)O)C(CC)C(C)C. The fourth-order valence-electron chi connectivity index (χ4n) is 2.58. The van der Waals surface area contributed by atoms with Crippen LogP contribution in [-0.4, -0.2) is 11.1 Å². The summed E-state index contributed by atoms with van der Waals surface area (Å²) < 4.78 is 0. The van der Waals surface area contributed by atoms with Gasteiger partial charge >= 0.3 is 5.97 Å². The Kier molecular flexibility index (Phi) is 7.94. The van der Waals surface area contributed by atoms with Crippen LogP contribution in [0.5, 0.6) is 0 Å². The number of hydrogen-bond acceptors (Lipinski definition) is 1. The third-order valence-corrected chi connectivity index (χ3v) is 3.33. The second-order valence-corrected chi connectivity index (χ2v) is 5.08. The van der Waals surface area contributed by atoms with E-state index in [0.29, 0.717) is 11.5 Å². The number of hydrogen-bond donors (Lipinski definition) is 1. The number of aliphatic carboxylic acids is 1. The Morgan fingerprint density at radius 3 is 1.76 bits per heavy atom. The van der Waals surface area contributed by atoms with Crippen LogP contribution in [0.4, 0.5) is 0 Å². The first kappa shape index (κ1) is 16.2. The Hall–Kier alpha value is -0.790. The molecule has 0 saturated carbocycles. The lowest BCUT2D eigenvalue weighted by Crippen LogP contribution is -2.19. The molecule has 100 valence electrons. The minimum absolute atomic E-state index is 0.195. The highest BCUT2D eigenvalue weighted by Crippen LogP contribution is 2.30. The summed E-state index contributed by atoms with van der Waals surface area (Å²) in [4.78, 5) is 11.5. The van der Waals surface area contributed by atoms with Crippen molar-refractivity contribution in [1.29, 1.82) is 0 Å². The van der Waals surface area contributed by atoms with Gasteiger partial charge in [0.25, 0.3) is 0 Å². The molecule has 1 unspecified atom stereocenters. The van der Waals surface area contributed by atoms with Gasteiger partial charge in [-0.2, -0.15) is 0 Å². The van der Waals surface area contributed by atoms with Gasteiger partial charge in [-0.15, -0.1) is 0 Å². The Labute approximate surface area is 106 Å². The second kappa shape index (κ2) is 8.32. The third-order valence-electron chi connectivity index (χ3n) is 3.33. The van der Waals surface area contributed by atoms with Crippen LogP contribution in [0.1, 0.15) is 66.7 Å². The Bertz CT molecular complexity index is 256. The van der Waals surface area contributed by atoms with E-state index < -0.39 is 5.97 Å². The quantitative estimate of drug-likeness (QED) is 0.627. The summed E-state index contributed by atoms with van der Waals surface area (Å²) in [6, 6.07) is 0. The van der Waals surface area contributed by atoms with Gasteiger partial charge in [-0.3, -0.25) is 0 Å². The topological polar surface area (TPSA) is 37.3 Å². The molecule has 0 aromatic rings. The van der Waals surface area contributed by atoms with E-state index >= 15 is 0 Å². The zero-order chi connectivity index (χ0) is 13.4. The van der Waals surface area contributed by atoms with E-state index in [1.165, 1.54) is 5.57 Å². The van der Waals surface area contributed by atoms with Crippen molar-refractivity contribution in [2.24, 2.45) is 11.8 Å². The van der Waals surface area contributed by atoms with Gasteiger partial charge in [0.05, 0.1) is 0 Å². The van der Waals surface area contributed by atoms with E-state index in [1.807, 2.05) is 0 Å². The number of carboxylic acids is 1. The third kappa shape index (κ3) is 4.93. The molecule has 0 spiro atoms. The molecule has 0 aromatic carbocycles. The van der Waals surface area contributed by atoms with Crippen LogP contribution < -0.4 is 0 Å². The first-order valence-corrected chi connectivity index (χ1v) is 6.94. The fraction of sp³-hybridized carbons (Fsp3) is 0.800. The minimum Gasteiger partial charge on any atom is -0.478 e. The number of carboxylic acid groups (broad SMARTS) is 1. The maximum absolute atomic E-state index is 11.5. The molecule has 0 heterocycles. The number of rotatable bonds is 8. The lowest BCUT2D eigenvalue weighted by Gasteiger charge is -2.23. The van der Waals surface area contributed by atoms with Gasteiger partial charge in [0.2, 0.25) is 0 Å². The van der Waals surface area contributed by atoms with E-state index in [2.05, 4.69) is 34.6 Å². The first-order chi connectivity index (χ1) is 7.99. The molecule has 0 fully saturated rings. The smallest absolute Gasteiger partial charge is 0.331 e. The number of allylic oxidation sites excluding steroid dienone is 1. The Morgan fingerprint density at radius 1 is 1.06 bits per heavy atom. The summed E-state index contributed by atoms with van der Waals surface area (Å²) in [5.74, 6) is -0.113. The fourth-order valence-corrected chi connectivity index (χ4v) is 2.58. The molecule has 0 aliphatic rings. The van der Waals surface area contributed by atoms with E-state index in [1.54, 1.807) is 0 Å². The van der Waals surface area contributed by atoms with Crippen LogP contribution in [0.25, 0.3) is 0 Å².